The number of allylic oxidation sites excluding steroid dienone is 1. The van der Waals surface area contributed by atoms with Crippen molar-refractivity contribution in [2.24, 2.45) is 0 Å². The summed E-state index contributed by atoms with van der Waals surface area (Å²) in [6.45, 7) is 1.05. The third kappa shape index (κ3) is 3.53. The second-order valence-corrected chi connectivity index (χ2v) is 3.63. The Labute approximate surface area is 96.2 Å². The average molecular weight is 226 g/mol. The highest BCUT2D eigenvalue weighted by molar-refractivity contribution is 5.26. The summed E-state index contributed by atoms with van der Waals surface area (Å²) in [4.78, 5) is 0. The summed E-state index contributed by atoms with van der Waals surface area (Å²) in [5.41, 5.74) is -1.26. The van der Waals surface area contributed by atoms with E-state index in [9.17, 15) is 5.11 Å². The molecule has 0 aromatic rings. The van der Waals surface area contributed by atoms with Crippen molar-refractivity contribution in [1.29, 1.82) is 0 Å². The predicted molar refractivity (Wildman–Crippen MR) is 59.5 cm³/mol. The molecule has 0 amide bonds. The van der Waals surface area contributed by atoms with Crippen molar-refractivity contribution in [2.75, 3.05) is 27.1 Å². The lowest BCUT2D eigenvalue weighted by Crippen LogP contribution is -2.33. The quantitative estimate of drug-likeness (QED) is 0.418. The van der Waals surface area contributed by atoms with Crippen molar-refractivity contribution in [1.82, 2.24) is 0 Å². The first-order valence-electron chi connectivity index (χ1n) is 5.33. The van der Waals surface area contributed by atoms with Crippen LogP contribution in [0.15, 0.2) is 11.8 Å². The summed E-state index contributed by atoms with van der Waals surface area (Å²) in [6.07, 6.45) is 9.40. The van der Waals surface area contributed by atoms with E-state index in [1.165, 1.54) is 0 Å². The molecule has 0 heterocycles. The van der Waals surface area contributed by atoms with Crippen LogP contribution in [-0.2, 0) is 14.2 Å². The molecule has 4 heteroatoms. The van der Waals surface area contributed by atoms with E-state index in [1.807, 2.05) is 6.08 Å². The maximum absolute atomic E-state index is 10.0. The largest absolute Gasteiger partial charge is 0.468 e. The molecule has 0 saturated carbocycles. The Kier molecular flexibility index (Phi) is 5.33. The van der Waals surface area contributed by atoms with E-state index in [2.05, 4.69) is 5.92 Å². The van der Waals surface area contributed by atoms with E-state index >= 15 is 0 Å². The van der Waals surface area contributed by atoms with Crippen LogP contribution in [0.4, 0.5) is 0 Å². The topological polar surface area (TPSA) is 47.9 Å². The lowest BCUT2D eigenvalue weighted by Gasteiger charge is -2.28. The van der Waals surface area contributed by atoms with Gasteiger partial charge in [-0.3, -0.25) is 0 Å². The van der Waals surface area contributed by atoms with Gasteiger partial charge in [-0.05, 0) is 25.3 Å². The summed E-state index contributed by atoms with van der Waals surface area (Å²) in [5, 5.41) is 10.0. The maximum Gasteiger partial charge on any atom is 0.188 e. The van der Waals surface area contributed by atoms with Gasteiger partial charge >= 0.3 is 0 Å². The molecule has 1 aliphatic carbocycles. The van der Waals surface area contributed by atoms with E-state index in [0.717, 1.165) is 12.8 Å². The van der Waals surface area contributed by atoms with Crippen molar-refractivity contribution >= 4 is 0 Å². The number of terminal acetylenes is 1. The molecule has 0 bridgehead atoms. The van der Waals surface area contributed by atoms with Crippen LogP contribution in [0.1, 0.15) is 19.3 Å². The third-order valence-corrected chi connectivity index (χ3v) is 2.45. The zero-order valence-corrected chi connectivity index (χ0v) is 9.57. The minimum absolute atomic E-state index is 0.0825. The van der Waals surface area contributed by atoms with Crippen molar-refractivity contribution in [3.63, 3.8) is 0 Å². The second-order valence-electron chi connectivity index (χ2n) is 3.63. The van der Waals surface area contributed by atoms with Crippen LogP contribution in [0.5, 0.6) is 0 Å². The summed E-state index contributed by atoms with van der Waals surface area (Å²) in [5.74, 6) is 2.79. The molecule has 1 unspecified atom stereocenters. The number of aliphatic hydroxyl groups is 1. The second kappa shape index (κ2) is 6.54. The molecular weight excluding hydrogens is 208 g/mol. The molecule has 0 aromatic carbocycles. The van der Waals surface area contributed by atoms with Gasteiger partial charge in [0, 0.05) is 7.11 Å². The Morgan fingerprint density at radius 3 is 3.06 bits per heavy atom. The fourth-order valence-corrected chi connectivity index (χ4v) is 1.51. The maximum atomic E-state index is 10.0. The van der Waals surface area contributed by atoms with Gasteiger partial charge in [-0.2, -0.15) is 0 Å². The van der Waals surface area contributed by atoms with Gasteiger partial charge in [-0.1, -0.05) is 5.92 Å². The molecule has 0 aliphatic heterocycles. The molecule has 1 rings (SSSR count). The Balaban J connectivity index is 2.35. The van der Waals surface area contributed by atoms with Crippen LogP contribution in [0.25, 0.3) is 0 Å². The van der Waals surface area contributed by atoms with Crippen LogP contribution in [0, 0.1) is 12.3 Å². The molecule has 1 atom stereocenters. The SMILES string of the molecule is C#CC1(O)CCCC=C1OCOCCOC. The van der Waals surface area contributed by atoms with Gasteiger partial charge in [0.25, 0.3) is 0 Å². The van der Waals surface area contributed by atoms with Crippen molar-refractivity contribution in [3.05, 3.63) is 11.8 Å². The number of hydrogen-bond acceptors (Lipinski definition) is 4. The van der Waals surface area contributed by atoms with Crippen LogP contribution < -0.4 is 0 Å². The minimum atomic E-state index is -1.26. The van der Waals surface area contributed by atoms with Crippen LogP contribution >= 0.6 is 0 Å². The van der Waals surface area contributed by atoms with Crippen molar-refractivity contribution in [3.8, 4) is 12.3 Å². The predicted octanol–water partition coefficient (Wildman–Crippen LogP) is 1.06. The molecule has 1 aliphatic rings. The lowest BCUT2D eigenvalue weighted by molar-refractivity contribution is -0.0676. The van der Waals surface area contributed by atoms with Crippen LogP contribution in [0.2, 0.25) is 0 Å². The molecule has 0 spiro atoms. The summed E-state index contributed by atoms with van der Waals surface area (Å²) in [6, 6.07) is 0. The highest BCUT2D eigenvalue weighted by Gasteiger charge is 2.32. The minimum Gasteiger partial charge on any atom is -0.468 e. The summed E-state index contributed by atoms with van der Waals surface area (Å²) in [7, 11) is 1.60. The zero-order valence-electron chi connectivity index (χ0n) is 9.57. The first kappa shape index (κ1) is 13.0. The van der Waals surface area contributed by atoms with Gasteiger partial charge in [-0.15, -0.1) is 6.42 Å². The highest BCUT2D eigenvalue weighted by Crippen LogP contribution is 2.29. The van der Waals surface area contributed by atoms with Gasteiger partial charge < -0.3 is 19.3 Å². The zero-order chi connectivity index (χ0) is 11.9. The fraction of sp³-hybridized carbons (Fsp3) is 0.667. The Bertz CT molecular complexity index is 279. The standard InChI is InChI=1S/C12H18O4/c1-3-12(13)7-5-4-6-11(12)16-10-15-9-8-14-2/h1,6,13H,4-5,7-10H2,2H3. The molecule has 90 valence electrons. The number of ether oxygens (including phenoxy) is 3. The molecular formula is C12H18O4. The lowest BCUT2D eigenvalue weighted by atomic mass is 9.90. The first-order chi connectivity index (χ1) is 7.73. The average Bonchev–Trinajstić information content (AvgIpc) is 2.31. The molecule has 0 aromatic heterocycles. The van der Waals surface area contributed by atoms with Crippen LogP contribution in [-0.4, -0.2) is 37.8 Å². The molecule has 4 nitrogen and oxygen atoms in total. The Morgan fingerprint density at radius 1 is 1.56 bits per heavy atom. The molecule has 0 saturated heterocycles. The van der Waals surface area contributed by atoms with E-state index < -0.39 is 5.60 Å². The van der Waals surface area contributed by atoms with E-state index in [0.29, 0.717) is 25.4 Å². The number of hydrogen-bond donors (Lipinski definition) is 1. The van der Waals surface area contributed by atoms with Gasteiger partial charge in [0.2, 0.25) is 0 Å². The van der Waals surface area contributed by atoms with E-state index in [1.54, 1.807) is 7.11 Å². The van der Waals surface area contributed by atoms with Gasteiger partial charge in [0.05, 0.1) is 13.2 Å². The highest BCUT2D eigenvalue weighted by atomic mass is 16.7. The normalized spacial score (nSPS) is 24.7. The van der Waals surface area contributed by atoms with Gasteiger partial charge in [0.1, 0.15) is 5.76 Å². The monoisotopic (exact) mass is 226 g/mol. The van der Waals surface area contributed by atoms with Gasteiger partial charge in [-0.25, -0.2) is 0 Å². The van der Waals surface area contributed by atoms with E-state index in [4.69, 9.17) is 20.6 Å². The van der Waals surface area contributed by atoms with Gasteiger partial charge in [0.15, 0.2) is 12.4 Å². The molecule has 16 heavy (non-hydrogen) atoms. The number of methoxy groups -OCH3 is 1. The summed E-state index contributed by atoms with van der Waals surface area (Å²) < 4.78 is 15.3. The van der Waals surface area contributed by atoms with Crippen molar-refractivity contribution < 1.29 is 19.3 Å². The molecule has 0 radical (unpaired) electrons. The molecule has 1 N–H and O–H groups in total. The van der Waals surface area contributed by atoms with E-state index in [-0.39, 0.29) is 6.79 Å². The number of rotatable bonds is 6. The first-order valence-corrected chi connectivity index (χ1v) is 5.33. The summed E-state index contributed by atoms with van der Waals surface area (Å²) >= 11 is 0. The fourth-order valence-electron chi connectivity index (χ4n) is 1.51. The van der Waals surface area contributed by atoms with Crippen LogP contribution in [0.3, 0.4) is 0 Å². The Hall–Kier alpha value is -1.02. The smallest absolute Gasteiger partial charge is 0.188 e. The third-order valence-electron chi connectivity index (χ3n) is 2.45. The van der Waals surface area contributed by atoms with Crippen molar-refractivity contribution in [2.45, 2.75) is 24.9 Å². The Morgan fingerprint density at radius 2 is 2.38 bits per heavy atom. The molecule has 0 fully saturated rings.